The molecule has 0 heterocycles. The second kappa shape index (κ2) is 7.28. The molecule has 0 aromatic carbocycles. The summed E-state index contributed by atoms with van der Waals surface area (Å²) in [6, 6.07) is 0. The Morgan fingerprint density at radius 1 is 1.16 bits per heavy atom. The molecule has 3 unspecified atom stereocenters. The molecular formula is C16H29NO2. The monoisotopic (exact) mass is 267 g/mol. The van der Waals surface area contributed by atoms with Gasteiger partial charge in [-0.05, 0) is 44.4 Å². The van der Waals surface area contributed by atoms with Crippen molar-refractivity contribution in [2.24, 2.45) is 17.8 Å². The van der Waals surface area contributed by atoms with Crippen molar-refractivity contribution in [3.63, 3.8) is 0 Å². The highest BCUT2D eigenvalue weighted by Gasteiger charge is 2.36. The van der Waals surface area contributed by atoms with Crippen LogP contribution in [0.25, 0.3) is 0 Å². The summed E-state index contributed by atoms with van der Waals surface area (Å²) in [5, 5.41) is 8.92. The van der Waals surface area contributed by atoms with Gasteiger partial charge in [0.25, 0.3) is 0 Å². The molecule has 2 aliphatic rings. The largest absolute Gasteiger partial charge is 0.396 e. The van der Waals surface area contributed by atoms with Gasteiger partial charge >= 0.3 is 0 Å². The smallest absolute Gasteiger partial charge is 0.225 e. The summed E-state index contributed by atoms with van der Waals surface area (Å²) in [6.07, 6.45) is 9.69. The van der Waals surface area contributed by atoms with Crippen LogP contribution in [0.4, 0.5) is 0 Å². The van der Waals surface area contributed by atoms with Gasteiger partial charge in [-0.1, -0.05) is 25.7 Å². The minimum Gasteiger partial charge on any atom is -0.396 e. The molecule has 3 atom stereocenters. The number of aliphatic hydroxyl groups is 1. The Labute approximate surface area is 117 Å². The molecule has 1 N–H and O–H groups in total. The maximum absolute atomic E-state index is 12.6. The van der Waals surface area contributed by atoms with Gasteiger partial charge in [0.15, 0.2) is 0 Å². The molecule has 2 aliphatic carbocycles. The van der Waals surface area contributed by atoms with Crippen LogP contribution in [-0.2, 0) is 4.79 Å². The zero-order chi connectivity index (χ0) is 13.7. The van der Waals surface area contributed by atoms with Gasteiger partial charge in [-0.25, -0.2) is 0 Å². The molecule has 0 spiro atoms. The van der Waals surface area contributed by atoms with Crippen LogP contribution in [0.1, 0.15) is 58.3 Å². The lowest BCUT2D eigenvalue weighted by Gasteiger charge is -2.40. The van der Waals surface area contributed by atoms with Gasteiger partial charge in [-0.15, -0.1) is 0 Å². The first-order valence-electron chi connectivity index (χ1n) is 8.16. The van der Waals surface area contributed by atoms with Gasteiger partial charge < -0.3 is 10.0 Å². The number of hydrogen-bond donors (Lipinski definition) is 1. The van der Waals surface area contributed by atoms with E-state index in [9.17, 15) is 4.79 Å². The minimum absolute atomic E-state index is 0.180. The van der Waals surface area contributed by atoms with Crippen LogP contribution >= 0.6 is 0 Å². The molecule has 1 amide bonds. The Morgan fingerprint density at radius 3 is 2.58 bits per heavy atom. The average Bonchev–Trinajstić information content (AvgIpc) is 2.47. The molecule has 0 aliphatic heterocycles. The van der Waals surface area contributed by atoms with E-state index in [2.05, 4.69) is 0 Å². The highest BCUT2D eigenvalue weighted by molar-refractivity contribution is 5.78. The summed E-state index contributed by atoms with van der Waals surface area (Å²) in [4.78, 5) is 14.5. The van der Waals surface area contributed by atoms with Gasteiger partial charge in [0.1, 0.15) is 0 Å². The van der Waals surface area contributed by atoms with Crippen molar-refractivity contribution in [3.05, 3.63) is 0 Å². The molecule has 2 fully saturated rings. The molecule has 2 rings (SSSR count). The van der Waals surface area contributed by atoms with E-state index in [1.807, 2.05) is 11.8 Å². The number of hydrogen-bond acceptors (Lipinski definition) is 2. The van der Waals surface area contributed by atoms with E-state index in [4.69, 9.17) is 5.11 Å². The van der Waals surface area contributed by atoms with Crippen LogP contribution in [-0.4, -0.2) is 35.6 Å². The standard InChI is InChI=1S/C16H29NO2/c1-2-17(10-5-11-18)16(19)15-9-8-13-6-3-4-7-14(13)12-15/h13-15,18H,2-12H2,1H3. The maximum Gasteiger partial charge on any atom is 0.225 e. The molecule has 0 bridgehead atoms. The van der Waals surface area contributed by atoms with Crippen molar-refractivity contribution in [2.75, 3.05) is 19.7 Å². The molecule has 19 heavy (non-hydrogen) atoms. The Morgan fingerprint density at radius 2 is 1.89 bits per heavy atom. The lowest BCUT2D eigenvalue weighted by atomic mass is 9.67. The summed E-state index contributed by atoms with van der Waals surface area (Å²) < 4.78 is 0. The fourth-order valence-electron chi connectivity index (χ4n) is 4.04. The number of fused-ring (bicyclic) bond motifs is 1. The molecular weight excluding hydrogens is 238 g/mol. The lowest BCUT2D eigenvalue weighted by molar-refractivity contribution is -0.137. The van der Waals surface area contributed by atoms with E-state index in [1.54, 1.807) is 0 Å². The van der Waals surface area contributed by atoms with Crippen LogP contribution in [0.2, 0.25) is 0 Å². The van der Waals surface area contributed by atoms with Crippen LogP contribution in [0.15, 0.2) is 0 Å². The predicted octanol–water partition coefficient (Wildman–Crippen LogP) is 2.82. The number of carbonyl (C=O) groups excluding carboxylic acids is 1. The molecule has 110 valence electrons. The second-order valence-corrected chi connectivity index (χ2v) is 6.31. The topological polar surface area (TPSA) is 40.5 Å². The van der Waals surface area contributed by atoms with Crippen LogP contribution in [0, 0.1) is 17.8 Å². The zero-order valence-electron chi connectivity index (χ0n) is 12.3. The third-order valence-electron chi connectivity index (χ3n) is 5.17. The van der Waals surface area contributed by atoms with Crippen molar-refractivity contribution >= 4 is 5.91 Å². The number of rotatable bonds is 5. The van der Waals surface area contributed by atoms with Gasteiger partial charge in [-0.2, -0.15) is 0 Å². The molecule has 3 nitrogen and oxygen atoms in total. The van der Waals surface area contributed by atoms with Crippen LogP contribution < -0.4 is 0 Å². The first kappa shape index (κ1) is 14.8. The molecule has 3 heteroatoms. The molecule has 0 radical (unpaired) electrons. The molecule has 0 aromatic heterocycles. The van der Waals surface area contributed by atoms with E-state index in [-0.39, 0.29) is 12.5 Å². The quantitative estimate of drug-likeness (QED) is 0.832. The number of carbonyl (C=O) groups is 1. The second-order valence-electron chi connectivity index (χ2n) is 6.31. The van der Waals surface area contributed by atoms with E-state index < -0.39 is 0 Å². The van der Waals surface area contributed by atoms with Crippen molar-refractivity contribution in [2.45, 2.75) is 58.3 Å². The maximum atomic E-state index is 12.6. The summed E-state index contributed by atoms with van der Waals surface area (Å²) >= 11 is 0. The minimum atomic E-state index is 0.180. The predicted molar refractivity (Wildman–Crippen MR) is 76.7 cm³/mol. The Hall–Kier alpha value is -0.570. The Bertz CT molecular complexity index is 292. The van der Waals surface area contributed by atoms with Gasteiger partial charge in [0.05, 0.1) is 0 Å². The van der Waals surface area contributed by atoms with Crippen LogP contribution in [0.3, 0.4) is 0 Å². The lowest BCUT2D eigenvalue weighted by Crippen LogP contribution is -2.40. The number of aliphatic hydroxyl groups excluding tert-OH is 1. The molecule has 2 saturated carbocycles. The van der Waals surface area contributed by atoms with E-state index in [0.29, 0.717) is 12.3 Å². The van der Waals surface area contributed by atoms with Crippen molar-refractivity contribution in [1.82, 2.24) is 4.90 Å². The highest BCUT2D eigenvalue weighted by atomic mass is 16.3. The summed E-state index contributed by atoms with van der Waals surface area (Å²) in [7, 11) is 0. The van der Waals surface area contributed by atoms with Crippen LogP contribution in [0.5, 0.6) is 0 Å². The van der Waals surface area contributed by atoms with Gasteiger partial charge in [0.2, 0.25) is 5.91 Å². The third kappa shape index (κ3) is 3.71. The Balaban J connectivity index is 1.88. The van der Waals surface area contributed by atoms with E-state index >= 15 is 0 Å². The van der Waals surface area contributed by atoms with Crippen molar-refractivity contribution in [3.8, 4) is 0 Å². The highest BCUT2D eigenvalue weighted by Crippen LogP contribution is 2.43. The molecule has 0 aromatic rings. The van der Waals surface area contributed by atoms with Crippen molar-refractivity contribution in [1.29, 1.82) is 0 Å². The zero-order valence-corrected chi connectivity index (χ0v) is 12.3. The number of amides is 1. The summed E-state index contributed by atoms with van der Waals surface area (Å²) in [5.41, 5.74) is 0. The fraction of sp³-hybridized carbons (Fsp3) is 0.938. The summed E-state index contributed by atoms with van der Waals surface area (Å²) in [5.74, 6) is 2.33. The fourth-order valence-corrected chi connectivity index (χ4v) is 4.04. The summed E-state index contributed by atoms with van der Waals surface area (Å²) in [6.45, 7) is 3.72. The van der Waals surface area contributed by atoms with Gasteiger partial charge in [0, 0.05) is 25.6 Å². The van der Waals surface area contributed by atoms with Gasteiger partial charge in [-0.3, -0.25) is 4.79 Å². The average molecular weight is 267 g/mol. The van der Waals surface area contributed by atoms with Crippen molar-refractivity contribution < 1.29 is 9.90 Å². The molecule has 0 saturated heterocycles. The number of nitrogens with zero attached hydrogens (tertiary/aromatic N) is 1. The SMILES string of the molecule is CCN(CCCO)C(=O)C1CCC2CCCCC2C1. The van der Waals surface area contributed by atoms with E-state index in [1.165, 1.54) is 32.1 Å². The van der Waals surface area contributed by atoms with E-state index in [0.717, 1.165) is 37.8 Å². The third-order valence-corrected chi connectivity index (χ3v) is 5.17. The normalized spacial score (nSPS) is 30.7. The first-order chi connectivity index (χ1) is 9.26. The Kier molecular flexibility index (Phi) is 5.68. The first-order valence-corrected chi connectivity index (χ1v) is 8.16.